The van der Waals surface area contributed by atoms with Crippen molar-refractivity contribution in [2.75, 3.05) is 0 Å². The number of rotatable bonds is 0. The minimum absolute atomic E-state index is 0.700. The lowest BCUT2D eigenvalue weighted by Crippen LogP contribution is -1.71. The standard InChI is InChI=1S/C25H24N2O/c1-2-4-6-8-10-12-14-16-20-24-21-17-18-22-25(24)28-27-26-23-19-15-13-11-9-7-5-3-1/h1-23,27H. The second kappa shape index (κ2) is 14.3. The number of nitrogens with one attached hydrogen (secondary N) is 1. The summed E-state index contributed by atoms with van der Waals surface area (Å²) in [5.41, 5.74) is 0.700. The Morgan fingerprint density at radius 3 is 1.39 bits per heavy atom. The van der Waals surface area contributed by atoms with E-state index in [-0.39, 0.29) is 0 Å². The van der Waals surface area contributed by atoms with Crippen LogP contribution in [0, 0.1) is 0 Å². The van der Waals surface area contributed by atoms with E-state index < -0.39 is 0 Å². The van der Waals surface area contributed by atoms with Gasteiger partial charge in [0.05, 0.1) is 6.20 Å². The molecule has 0 aliphatic carbocycles. The largest absolute Gasteiger partial charge is 0.365 e. The third-order valence-electron chi connectivity index (χ3n) is 3.34. The van der Waals surface area contributed by atoms with E-state index in [1.54, 1.807) is 6.20 Å². The zero-order chi connectivity index (χ0) is 19.5. The maximum atomic E-state index is 5.50. The topological polar surface area (TPSA) is 41.8 Å². The molecule has 0 aliphatic rings. The van der Waals surface area contributed by atoms with Gasteiger partial charge in [-0.2, -0.15) is 5.10 Å². The van der Waals surface area contributed by atoms with E-state index in [0.717, 1.165) is 5.39 Å². The van der Waals surface area contributed by atoms with Gasteiger partial charge in [0.15, 0.2) is 5.58 Å². The molecule has 0 radical (unpaired) electrons. The summed E-state index contributed by atoms with van der Waals surface area (Å²) >= 11 is 0. The molecule has 0 atom stereocenters. The predicted octanol–water partition coefficient (Wildman–Crippen LogP) is 6.78. The molecule has 140 valence electrons. The number of aromatic amines is 1. The van der Waals surface area contributed by atoms with Crippen LogP contribution in [-0.4, -0.2) is 10.4 Å². The summed E-state index contributed by atoms with van der Waals surface area (Å²) in [6.07, 6.45) is 1.62. The number of para-hydroxylation sites is 1. The Morgan fingerprint density at radius 1 is 0.464 bits per heavy atom. The molecule has 0 bridgehead atoms. The van der Waals surface area contributed by atoms with E-state index in [1.807, 2.05) is 133 Å². The van der Waals surface area contributed by atoms with Crippen LogP contribution in [0.25, 0.3) is 11.0 Å². The van der Waals surface area contributed by atoms with Crippen molar-refractivity contribution in [1.29, 1.82) is 0 Å². The van der Waals surface area contributed by atoms with E-state index in [1.165, 1.54) is 0 Å². The van der Waals surface area contributed by atoms with Crippen molar-refractivity contribution in [3.63, 3.8) is 0 Å². The fourth-order valence-electron chi connectivity index (χ4n) is 2.03. The fraction of sp³-hybridized carbons (Fsp3) is 0. The Balaban J connectivity index is 2.42. The molecule has 0 amide bonds. The molecule has 0 saturated heterocycles. The summed E-state index contributed by atoms with van der Waals surface area (Å²) in [6.45, 7) is 0. The van der Waals surface area contributed by atoms with E-state index in [9.17, 15) is 0 Å². The van der Waals surface area contributed by atoms with Crippen molar-refractivity contribution in [2.45, 2.75) is 0 Å². The molecular formula is C25H24N2O. The number of H-pyrrole nitrogens is 1. The smallest absolute Gasteiger partial charge is 0.164 e. The highest BCUT2D eigenvalue weighted by atomic mass is 16.5. The molecule has 3 nitrogen and oxygen atoms in total. The quantitative estimate of drug-likeness (QED) is 0.557. The van der Waals surface area contributed by atoms with Gasteiger partial charge in [0, 0.05) is 5.39 Å². The van der Waals surface area contributed by atoms with E-state index in [0.29, 0.717) is 5.58 Å². The SMILES string of the molecule is c1cccccccccn[nH]oc2ccccc2ccccccccc1. The molecule has 1 aromatic carbocycles. The van der Waals surface area contributed by atoms with Gasteiger partial charge in [-0.3, -0.25) is 0 Å². The Hall–Kier alpha value is -3.85. The third-order valence-corrected chi connectivity index (χ3v) is 3.34. The second-order valence-corrected chi connectivity index (χ2v) is 5.45. The van der Waals surface area contributed by atoms with Gasteiger partial charge in [-0.15, -0.1) is 5.27 Å². The van der Waals surface area contributed by atoms with Gasteiger partial charge in [-0.1, -0.05) is 121 Å². The molecule has 3 heteroatoms. The number of benzene rings is 1. The highest BCUT2D eigenvalue weighted by Gasteiger charge is 1.86. The molecule has 1 heterocycles. The van der Waals surface area contributed by atoms with Crippen LogP contribution in [0.4, 0.5) is 0 Å². The van der Waals surface area contributed by atoms with Crippen molar-refractivity contribution in [3.05, 3.63) is 140 Å². The Labute approximate surface area is 165 Å². The molecule has 28 heavy (non-hydrogen) atoms. The second-order valence-electron chi connectivity index (χ2n) is 5.45. The molecule has 1 N–H and O–H groups in total. The first-order chi connectivity index (χ1) is 14.0. The lowest BCUT2D eigenvalue weighted by molar-refractivity contribution is 0.403. The van der Waals surface area contributed by atoms with Crippen LogP contribution in [0.3, 0.4) is 0 Å². The molecular weight excluding hydrogens is 344 g/mol. The number of hydrogen-bond acceptors (Lipinski definition) is 2. The summed E-state index contributed by atoms with van der Waals surface area (Å²) in [4.78, 5) is 0. The van der Waals surface area contributed by atoms with Crippen LogP contribution in [0.15, 0.2) is 144 Å². The molecule has 0 saturated carbocycles. The average Bonchev–Trinajstić information content (AvgIpc) is 2.72. The maximum Gasteiger partial charge on any atom is 0.164 e. The van der Waals surface area contributed by atoms with Gasteiger partial charge in [-0.05, 0) is 12.1 Å². The van der Waals surface area contributed by atoms with Gasteiger partial charge in [0.2, 0.25) is 0 Å². The Bertz CT molecular complexity index is 921. The van der Waals surface area contributed by atoms with Crippen LogP contribution in [0.1, 0.15) is 0 Å². The fourth-order valence-corrected chi connectivity index (χ4v) is 2.03. The number of fused-ring (bicyclic) bond motifs is 1. The molecule has 2 aromatic rings. The van der Waals surface area contributed by atoms with Crippen molar-refractivity contribution in [2.24, 2.45) is 0 Å². The van der Waals surface area contributed by atoms with Gasteiger partial charge in [-0.25, -0.2) is 0 Å². The van der Waals surface area contributed by atoms with E-state index in [4.69, 9.17) is 4.52 Å². The summed E-state index contributed by atoms with van der Waals surface area (Å²) < 4.78 is 5.50. The van der Waals surface area contributed by atoms with Gasteiger partial charge in [0.25, 0.3) is 0 Å². The van der Waals surface area contributed by atoms with Crippen molar-refractivity contribution >= 4 is 11.0 Å². The van der Waals surface area contributed by atoms with Gasteiger partial charge < -0.3 is 4.52 Å². The first-order valence-electron chi connectivity index (χ1n) is 9.01. The first kappa shape index (κ1) is 20.5. The van der Waals surface area contributed by atoms with Crippen LogP contribution in [0.2, 0.25) is 0 Å². The lowest BCUT2D eigenvalue weighted by Gasteiger charge is -1.88. The predicted molar refractivity (Wildman–Crippen MR) is 116 cm³/mol. The van der Waals surface area contributed by atoms with Crippen molar-refractivity contribution in [1.82, 2.24) is 10.4 Å². The van der Waals surface area contributed by atoms with Crippen molar-refractivity contribution < 1.29 is 4.52 Å². The number of nitrogens with zero attached hydrogens (tertiary/aromatic N) is 1. The van der Waals surface area contributed by atoms with Gasteiger partial charge in [0.1, 0.15) is 0 Å². The highest BCUT2D eigenvalue weighted by Crippen LogP contribution is 2.07. The van der Waals surface area contributed by atoms with Crippen LogP contribution < -0.4 is 0 Å². The Morgan fingerprint density at radius 2 is 0.857 bits per heavy atom. The zero-order valence-electron chi connectivity index (χ0n) is 15.6. The number of hydrogen-bond donors (Lipinski definition) is 1. The minimum Gasteiger partial charge on any atom is -0.365 e. The molecule has 0 unspecified atom stereocenters. The lowest BCUT2D eigenvalue weighted by atomic mass is 10.2. The van der Waals surface area contributed by atoms with Crippen LogP contribution >= 0.6 is 0 Å². The molecule has 2 rings (SSSR count). The minimum atomic E-state index is 0.700. The molecule has 0 fully saturated rings. The highest BCUT2D eigenvalue weighted by molar-refractivity contribution is 5.75. The summed E-state index contributed by atoms with van der Waals surface area (Å²) in [5.74, 6) is 0. The van der Waals surface area contributed by atoms with Crippen LogP contribution in [0.5, 0.6) is 0 Å². The molecule has 1 aromatic heterocycles. The molecule has 0 aliphatic heterocycles. The zero-order valence-corrected chi connectivity index (χ0v) is 15.6. The van der Waals surface area contributed by atoms with Crippen molar-refractivity contribution in [3.8, 4) is 0 Å². The van der Waals surface area contributed by atoms with E-state index in [2.05, 4.69) is 10.4 Å². The van der Waals surface area contributed by atoms with Gasteiger partial charge >= 0.3 is 0 Å². The summed E-state index contributed by atoms with van der Waals surface area (Å²) in [5, 5.41) is 7.54. The monoisotopic (exact) mass is 368 g/mol. The number of aromatic nitrogens is 2. The third kappa shape index (κ3) is 9.59. The Kier molecular flexibility index (Phi) is 10.5. The maximum absolute atomic E-state index is 5.50. The normalized spacial score (nSPS) is 8.71. The van der Waals surface area contributed by atoms with Crippen LogP contribution in [-0.2, 0) is 0 Å². The van der Waals surface area contributed by atoms with E-state index >= 15 is 0 Å². The average molecular weight is 368 g/mol. The summed E-state index contributed by atoms with van der Waals surface area (Å²) in [7, 11) is 0. The molecule has 0 spiro atoms. The summed E-state index contributed by atoms with van der Waals surface area (Å²) in [6, 6.07) is 43.0. The first-order valence-corrected chi connectivity index (χ1v) is 9.01.